The van der Waals surface area contributed by atoms with E-state index in [1.807, 2.05) is 0 Å². The average molecular weight is 141 g/mol. The minimum absolute atomic E-state index is 0.182. The number of fused-ring (bicyclic) bond motifs is 1. The lowest BCUT2D eigenvalue weighted by Gasteiger charge is -2.21. The third kappa shape index (κ3) is 0.856. The Labute approximate surface area is 59.7 Å². The number of hydrogen-bond donors (Lipinski definition) is 1. The van der Waals surface area contributed by atoms with Crippen molar-refractivity contribution in [2.45, 2.75) is 37.8 Å². The summed E-state index contributed by atoms with van der Waals surface area (Å²) in [7, 11) is 0. The number of carbonyl (C=O) groups is 1. The molecule has 3 heteroatoms. The molecule has 2 atom stereocenters. The summed E-state index contributed by atoms with van der Waals surface area (Å²) in [6, 6.07) is 0.321. The summed E-state index contributed by atoms with van der Waals surface area (Å²) in [6.07, 6.45) is 4.53. The van der Waals surface area contributed by atoms with Gasteiger partial charge in [0.05, 0.1) is 6.04 Å². The molecule has 0 radical (unpaired) electrons. The lowest BCUT2D eigenvalue weighted by Crippen LogP contribution is -2.33. The van der Waals surface area contributed by atoms with E-state index in [1.165, 1.54) is 12.8 Å². The van der Waals surface area contributed by atoms with Crippen molar-refractivity contribution in [2.24, 2.45) is 0 Å². The molecule has 0 spiro atoms. The Morgan fingerprint density at radius 3 is 3.00 bits per heavy atom. The Hall–Kier alpha value is -0.730. The first-order valence-corrected chi connectivity index (χ1v) is 3.83. The van der Waals surface area contributed by atoms with Crippen molar-refractivity contribution >= 4 is 6.09 Å². The Morgan fingerprint density at radius 2 is 2.20 bits per heavy atom. The third-order valence-electron chi connectivity index (χ3n) is 2.26. The molecule has 1 saturated carbocycles. The van der Waals surface area contributed by atoms with Crippen molar-refractivity contribution in [1.82, 2.24) is 5.32 Å². The Kier molecular flexibility index (Phi) is 1.29. The fraction of sp³-hybridized carbons (Fsp3) is 0.857. The van der Waals surface area contributed by atoms with Crippen LogP contribution in [0.4, 0.5) is 4.79 Å². The van der Waals surface area contributed by atoms with Crippen LogP contribution in [-0.4, -0.2) is 18.2 Å². The zero-order valence-electron chi connectivity index (χ0n) is 5.80. The van der Waals surface area contributed by atoms with Crippen LogP contribution < -0.4 is 5.32 Å². The fourth-order valence-corrected chi connectivity index (χ4v) is 1.73. The molecule has 0 bridgehead atoms. The summed E-state index contributed by atoms with van der Waals surface area (Å²) in [5.74, 6) is 0. The largest absolute Gasteiger partial charge is 0.444 e. The number of amides is 1. The normalized spacial score (nSPS) is 38.2. The van der Waals surface area contributed by atoms with Gasteiger partial charge in [0.25, 0.3) is 0 Å². The fourth-order valence-electron chi connectivity index (χ4n) is 1.73. The summed E-state index contributed by atoms with van der Waals surface area (Å²) in [6.45, 7) is 0. The van der Waals surface area contributed by atoms with E-state index in [0.29, 0.717) is 6.04 Å². The van der Waals surface area contributed by atoms with Crippen molar-refractivity contribution in [3.05, 3.63) is 0 Å². The Morgan fingerprint density at radius 1 is 1.40 bits per heavy atom. The van der Waals surface area contributed by atoms with Crippen LogP contribution in [-0.2, 0) is 4.74 Å². The molecule has 3 nitrogen and oxygen atoms in total. The van der Waals surface area contributed by atoms with Crippen molar-refractivity contribution in [1.29, 1.82) is 0 Å². The maximum atomic E-state index is 10.7. The molecule has 2 fully saturated rings. The summed E-state index contributed by atoms with van der Waals surface area (Å²) in [5.41, 5.74) is 0. The van der Waals surface area contributed by atoms with Gasteiger partial charge in [-0.05, 0) is 19.3 Å². The van der Waals surface area contributed by atoms with Gasteiger partial charge in [0.1, 0.15) is 6.10 Å². The summed E-state index contributed by atoms with van der Waals surface area (Å²) in [5, 5.41) is 2.79. The number of rotatable bonds is 0. The number of nitrogens with one attached hydrogen (secondary N) is 1. The summed E-state index contributed by atoms with van der Waals surface area (Å²) in [4.78, 5) is 10.7. The smallest absolute Gasteiger partial charge is 0.407 e. The van der Waals surface area contributed by atoms with Crippen LogP contribution in [0.25, 0.3) is 0 Å². The van der Waals surface area contributed by atoms with E-state index in [1.54, 1.807) is 0 Å². The molecule has 56 valence electrons. The molecule has 1 aliphatic heterocycles. The molecule has 1 amide bonds. The standard InChI is InChI=1S/C7H11NO2/c9-7-8-5-3-1-2-4-6(5)10-7/h5-6H,1-4H2,(H,8,9)/t5?,6-/m1/s1. The second kappa shape index (κ2) is 2.15. The van der Waals surface area contributed by atoms with Gasteiger partial charge in [0.15, 0.2) is 0 Å². The molecule has 10 heavy (non-hydrogen) atoms. The first kappa shape index (κ1) is 6.01. The van der Waals surface area contributed by atoms with E-state index < -0.39 is 0 Å². The second-order valence-electron chi connectivity index (χ2n) is 2.98. The summed E-state index contributed by atoms with van der Waals surface area (Å²) < 4.78 is 5.02. The van der Waals surface area contributed by atoms with Crippen LogP contribution in [0.5, 0.6) is 0 Å². The minimum Gasteiger partial charge on any atom is -0.444 e. The van der Waals surface area contributed by atoms with Gasteiger partial charge in [-0.2, -0.15) is 0 Å². The van der Waals surface area contributed by atoms with Crippen LogP contribution in [0.1, 0.15) is 25.7 Å². The summed E-state index contributed by atoms with van der Waals surface area (Å²) >= 11 is 0. The van der Waals surface area contributed by atoms with E-state index in [-0.39, 0.29) is 12.2 Å². The topological polar surface area (TPSA) is 38.3 Å². The number of carbonyl (C=O) groups excluding carboxylic acids is 1. The Bertz CT molecular complexity index is 142. The molecule has 0 aromatic carbocycles. The maximum absolute atomic E-state index is 10.7. The van der Waals surface area contributed by atoms with Gasteiger partial charge >= 0.3 is 6.09 Å². The van der Waals surface area contributed by atoms with E-state index in [4.69, 9.17) is 4.74 Å². The monoisotopic (exact) mass is 141 g/mol. The Balaban J connectivity index is 2.04. The molecule has 0 aromatic heterocycles. The van der Waals surface area contributed by atoms with Crippen molar-refractivity contribution in [2.75, 3.05) is 0 Å². The predicted molar refractivity (Wildman–Crippen MR) is 35.7 cm³/mol. The van der Waals surface area contributed by atoms with E-state index >= 15 is 0 Å². The van der Waals surface area contributed by atoms with Gasteiger partial charge < -0.3 is 10.1 Å². The molecule has 0 aromatic rings. The van der Waals surface area contributed by atoms with Crippen LogP contribution in [0.3, 0.4) is 0 Å². The molecule has 1 unspecified atom stereocenters. The lowest BCUT2D eigenvalue weighted by atomic mass is 9.93. The highest BCUT2D eigenvalue weighted by atomic mass is 16.6. The molecular formula is C7H11NO2. The molecule has 1 aliphatic carbocycles. The van der Waals surface area contributed by atoms with Crippen LogP contribution in [0.15, 0.2) is 0 Å². The third-order valence-corrected chi connectivity index (χ3v) is 2.26. The van der Waals surface area contributed by atoms with Crippen molar-refractivity contribution in [3.63, 3.8) is 0 Å². The molecule has 1 saturated heterocycles. The van der Waals surface area contributed by atoms with Crippen LogP contribution in [0.2, 0.25) is 0 Å². The molecule has 1 N–H and O–H groups in total. The molecular weight excluding hydrogens is 130 g/mol. The van der Waals surface area contributed by atoms with Gasteiger partial charge in [-0.15, -0.1) is 0 Å². The molecule has 2 aliphatic rings. The van der Waals surface area contributed by atoms with E-state index in [0.717, 1.165) is 12.8 Å². The maximum Gasteiger partial charge on any atom is 0.407 e. The van der Waals surface area contributed by atoms with E-state index in [9.17, 15) is 4.79 Å². The van der Waals surface area contributed by atoms with E-state index in [2.05, 4.69) is 5.32 Å². The minimum atomic E-state index is -0.225. The van der Waals surface area contributed by atoms with Crippen molar-refractivity contribution in [3.8, 4) is 0 Å². The van der Waals surface area contributed by atoms with Gasteiger partial charge in [0, 0.05) is 0 Å². The van der Waals surface area contributed by atoms with Crippen molar-refractivity contribution < 1.29 is 9.53 Å². The van der Waals surface area contributed by atoms with Gasteiger partial charge in [-0.1, -0.05) is 6.42 Å². The van der Waals surface area contributed by atoms with Gasteiger partial charge in [-0.3, -0.25) is 0 Å². The number of hydrogen-bond acceptors (Lipinski definition) is 2. The van der Waals surface area contributed by atoms with Crippen LogP contribution in [0, 0.1) is 0 Å². The molecule has 1 heterocycles. The quantitative estimate of drug-likeness (QED) is 0.547. The lowest BCUT2D eigenvalue weighted by molar-refractivity contribution is 0.113. The average Bonchev–Trinajstić information content (AvgIpc) is 2.27. The highest BCUT2D eigenvalue weighted by Crippen LogP contribution is 2.24. The number of ether oxygens (including phenoxy) is 1. The predicted octanol–water partition coefficient (Wildman–Crippen LogP) is 1.04. The highest BCUT2D eigenvalue weighted by molar-refractivity contribution is 5.70. The SMILES string of the molecule is O=C1NC2CCCC[C@H]2O1. The number of alkyl carbamates (subject to hydrolysis) is 1. The zero-order valence-corrected chi connectivity index (χ0v) is 5.80. The first-order valence-electron chi connectivity index (χ1n) is 3.83. The first-order chi connectivity index (χ1) is 4.86. The second-order valence-corrected chi connectivity index (χ2v) is 2.98. The van der Waals surface area contributed by atoms with Gasteiger partial charge in [-0.25, -0.2) is 4.79 Å². The molecule has 2 rings (SSSR count). The van der Waals surface area contributed by atoms with Crippen LogP contribution >= 0.6 is 0 Å². The highest BCUT2D eigenvalue weighted by Gasteiger charge is 2.35. The van der Waals surface area contributed by atoms with Gasteiger partial charge in [0.2, 0.25) is 0 Å². The zero-order chi connectivity index (χ0) is 6.97.